The van der Waals surface area contributed by atoms with E-state index in [2.05, 4.69) is 52.9 Å². The second kappa shape index (κ2) is 9.29. The van der Waals surface area contributed by atoms with Crippen LogP contribution in [0.4, 0.5) is 23.5 Å². The van der Waals surface area contributed by atoms with Crippen LogP contribution in [0.2, 0.25) is 0 Å². The summed E-state index contributed by atoms with van der Waals surface area (Å²) in [5.41, 5.74) is 8.14. The fourth-order valence-electron chi connectivity index (χ4n) is 3.76. The Balaban J connectivity index is 1.32. The number of aromatic nitrogens is 6. The van der Waals surface area contributed by atoms with Crippen molar-refractivity contribution >= 4 is 35.3 Å². The van der Waals surface area contributed by atoms with E-state index in [4.69, 9.17) is 10.5 Å². The number of nitrogens with two attached hydrogens (primary N) is 1. The molecule has 0 bridgehead atoms. The van der Waals surface area contributed by atoms with Gasteiger partial charge in [-0.15, -0.1) is 10.2 Å². The van der Waals surface area contributed by atoms with Crippen LogP contribution in [0.25, 0.3) is 0 Å². The van der Waals surface area contributed by atoms with Crippen LogP contribution in [0.15, 0.2) is 29.4 Å². The molecule has 2 fully saturated rings. The van der Waals surface area contributed by atoms with Crippen LogP contribution in [0.1, 0.15) is 37.2 Å². The lowest BCUT2D eigenvalue weighted by Gasteiger charge is -2.27. The summed E-state index contributed by atoms with van der Waals surface area (Å²) < 4.78 is 7.75. The number of hydrogen-bond acceptors (Lipinski definition) is 10. The first kappa shape index (κ1) is 21.0. The van der Waals surface area contributed by atoms with Gasteiger partial charge in [-0.2, -0.15) is 15.0 Å². The van der Waals surface area contributed by atoms with E-state index in [0.29, 0.717) is 23.6 Å². The Kier molecular flexibility index (Phi) is 6.08. The van der Waals surface area contributed by atoms with E-state index in [0.717, 1.165) is 62.4 Å². The van der Waals surface area contributed by atoms with E-state index in [1.165, 1.54) is 5.56 Å². The van der Waals surface area contributed by atoms with E-state index >= 15 is 0 Å². The Bertz CT molecular complexity index is 1080. The highest BCUT2D eigenvalue weighted by molar-refractivity contribution is 7.98. The van der Waals surface area contributed by atoms with Gasteiger partial charge in [0, 0.05) is 24.8 Å². The molecule has 168 valence electrons. The van der Waals surface area contributed by atoms with Crippen LogP contribution in [0.5, 0.6) is 0 Å². The summed E-state index contributed by atoms with van der Waals surface area (Å²) >= 11 is 1.58. The van der Waals surface area contributed by atoms with Crippen molar-refractivity contribution in [2.24, 2.45) is 0 Å². The van der Waals surface area contributed by atoms with Crippen LogP contribution < -0.4 is 16.0 Å². The number of benzene rings is 1. The van der Waals surface area contributed by atoms with Crippen molar-refractivity contribution in [1.29, 1.82) is 0 Å². The van der Waals surface area contributed by atoms with Crippen molar-refractivity contribution in [3.8, 4) is 0 Å². The predicted octanol–water partition coefficient (Wildman–Crippen LogP) is 2.82. The topological polar surface area (TPSA) is 120 Å². The third-order valence-electron chi connectivity index (χ3n) is 5.53. The average Bonchev–Trinajstić information content (AvgIpc) is 3.57. The summed E-state index contributed by atoms with van der Waals surface area (Å²) in [5.74, 6) is 2.73. The Morgan fingerprint density at radius 1 is 1.12 bits per heavy atom. The van der Waals surface area contributed by atoms with Gasteiger partial charge in [0.05, 0.1) is 19.0 Å². The molecular weight excluding hydrogens is 426 g/mol. The smallest absolute Gasteiger partial charge is 0.232 e. The number of morpholine rings is 1. The Morgan fingerprint density at radius 3 is 2.72 bits per heavy atom. The SMILES string of the molecule is CCc1ccccc1Nc1nc(N)nc(CSc2nnc(N3CCOCC3)n2C2CC2)n1. The summed E-state index contributed by atoms with van der Waals surface area (Å²) in [4.78, 5) is 15.4. The number of nitrogens with one attached hydrogen (secondary N) is 1. The zero-order valence-corrected chi connectivity index (χ0v) is 18.9. The number of ether oxygens (including phenoxy) is 1. The standard InChI is InChI=1S/C21H27N9OS/c1-2-14-5-3-4-6-16(14)23-19-25-17(24-18(22)26-19)13-32-21-28-27-20(30(21)15-7-8-15)29-9-11-31-12-10-29/h3-6,15H,2,7-13H2,1H3,(H3,22,23,24,25,26). The van der Waals surface area contributed by atoms with Gasteiger partial charge < -0.3 is 20.7 Å². The molecule has 2 aliphatic rings. The molecule has 0 radical (unpaired) electrons. The highest BCUT2D eigenvalue weighted by Gasteiger charge is 2.32. The van der Waals surface area contributed by atoms with Crippen LogP contribution in [-0.2, 0) is 16.9 Å². The normalized spacial score (nSPS) is 16.3. The van der Waals surface area contributed by atoms with Crippen LogP contribution >= 0.6 is 11.8 Å². The molecule has 32 heavy (non-hydrogen) atoms. The molecule has 1 saturated carbocycles. The van der Waals surface area contributed by atoms with E-state index < -0.39 is 0 Å². The summed E-state index contributed by atoms with van der Waals surface area (Å²) in [6.45, 7) is 5.25. The fourth-order valence-corrected chi connectivity index (χ4v) is 4.61. The van der Waals surface area contributed by atoms with Gasteiger partial charge in [0.15, 0.2) is 5.16 Å². The Hall–Kier alpha value is -2.92. The molecular formula is C21H27N9OS. The van der Waals surface area contributed by atoms with Crippen LogP contribution in [0, 0.1) is 0 Å². The number of hydrogen-bond donors (Lipinski definition) is 2. The molecule has 10 nitrogen and oxygen atoms in total. The van der Waals surface area contributed by atoms with Crippen molar-refractivity contribution in [2.75, 3.05) is 42.3 Å². The fraction of sp³-hybridized carbons (Fsp3) is 0.476. The lowest BCUT2D eigenvalue weighted by atomic mass is 10.1. The van der Waals surface area contributed by atoms with Gasteiger partial charge in [0.25, 0.3) is 0 Å². The van der Waals surface area contributed by atoms with Gasteiger partial charge >= 0.3 is 0 Å². The van der Waals surface area contributed by atoms with Crippen molar-refractivity contribution in [2.45, 2.75) is 43.1 Å². The average molecular weight is 454 g/mol. The summed E-state index contributed by atoms with van der Waals surface area (Å²) in [6.07, 6.45) is 3.23. The second-order valence-electron chi connectivity index (χ2n) is 7.84. The quantitative estimate of drug-likeness (QED) is 0.493. The first-order valence-electron chi connectivity index (χ1n) is 11.0. The zero-order valence-electron chi connectivity index (χ0n) is 18.1. The van der Waals surface area contributed by atoms with Gasteiger partial charge in [-0.05, 0) is 30.9 Å². The molecule has 3 heterocycles. The van der Waals surface area contributed by atoms with Crippen molar-refractivity contribution in [3.05, 3.63) is 35.7 Å². The summed E-state index contributed by atoms with van der Waals surface area (Å²) in [7, 11) is 0. The summed E-state index contributed by atoms with van der Waals surface area (Å²) in [6, 6.07) is 8.57. The molecule has 1 aliphatic carbocycles. The molecule has 0 atom stereocenters. The number of nitrogens with zero attached hydrogens (tertiary/aromatic N) is 7. The molecule has 2 aromatic heterocycles. The molecule has 11 heteroatoms. The molecule has 3 aromatic rings. The number of anilines is 4. The van der Waals surface area contributed by atoms with Crippen molar-refractivity contribution in [1.82, 2.24) is 29.7 Å². The molecule has 0 unspecified atom stereocenters. The first-order chi connectivity index (χ1) is 15.7. The molecule has 1 saturated heterocycles. The van der Waals surface area contributed by atoms with Crippen LogP contribution in [-0.4, -0.2) is 56.0 Å². The van der Waals surface area contributed by atoms with Gasteiger partial charge in [-0.1, -0.05) is 36.9 Å². The maximum Gasteiger partial charge on any atom is 0.232 e. The van der Waals surface area contributed by atoms with Crippen molar-refractivity contribution < 1.29 is 4.74 Å². The second-order valence-corrected chi connectivity index (χ2v) is 8.78. The minimum atomic E-state index is 0.199. The van der Waals surface area contributed by atoms with E-state index in [-0.39, 0.29) is 5.95 Å². The Morgan fingerprint density at radius 2 is 1.94 bits per heavy atom. The van der Waals surface area contributed by atoms with E-state index in [1.54, 1.807) is 11.8 Å². The molecule has 0 amide bonds. The highest BCUT2D eigenvalue weighted by atomic mass is 32.2. The van der Waals surface area contributed by atoms with Gasteiger partial charge in [0.2, 0.25) is 17.8 Å². The summed E-state index contributed by atoms with van der Waals surface area (Å²) in [5, 5.41) is 13.1. The number of aryl methyl sites for hydroxylation is 1. The van der Waals surface area contributed by atoms with Crippen molar-refractivity contribution in [3.63, 3.8) is 0 Å². The molecule has 1 aromatic carbocycles. The molecule has 1 aliphatic heterocycles. The number of rotatable bonds is 8. The first-order valence-corrected chi connectivity index (χ1v) is 12.0. The molecule has 0 spiro atoms. The monoisotopic (exact) mass is 453 g/mol. The van der Waals surface area contributed by atoms with Crippen LogP contribution in [0.3, 0.4) is 0 Å². The zero-order chi connectivity index (χ0) is 21.9. The van der Waals surface area contributed by atoms with Gasteiger partial charge in [0.1, 0.15) is 5.82 Å². The third-order valence-corrected chi connectivity index (χ3v) is 6.47. The number of nitrogen functional groups attached to an aromatic ring is 1. The van der Waals surface area contributed by atoms with E-state index in [9.17, 15) is 0 Å². The lowest BCUT2D eigenvalue weighted by Crippen LogP contribution is -2.38. The highest BCUT2D eigenvalue weighted by Crippen LogP contribution is 2.41. The number of thioether (sulfide) groups is 1. The third kappa shape index (κ3) is 4.63. The molecule has 5 rings (SSSR count). The maximum atomic E-state index is 5.98. The van der Waals surface area contributed by atoms with E-state index in [1.807, 2.05) is 18.2 Å². The minimum Gasteiger partial charge on any atom is -0.378 e. The molecule has 3 N–H and O–H groups in total. The Labute approximate surface area is 191 Å². The largest absolute Gasteiger partial charge is 0.378 e. The van der Waals surface area contributed by atoms with Gasteiger partial charge in [-0.25, -0.2) is 0 Å². The number of para-hydroxylation sites is 1. The van der Waals surface area contributed by atoms with Gasteiger partial charge in [-0.3, -0.25) is 4.57 Å². The lowest BCUT2D eigenvalue weighted by molar-refractivity contribution is 0.121. The maximum absolute atomic E-state index is 5.98. The minimum absolute atomic E-state index is 0.199. The predicted molar refractivity (Wildman–Crippen MR) is 124 cm³/mol.